The lowest BCUT2D eigenvalue weighted by atomic mass is 10.1. The Kier molecular flexibility index (Phi) is 7.19. The van der Waals surface area contributed by atoms with Crippen molar-refractivity contribution in [3.05, 3.63) is 34.9 Å². The number of hydrogen-bond acceptors (Lipinski definition) is 3. The second kappa shape index (κ2) is 8.64. The van der Waals surface area contributed by atoms with Gasteiger partial charge >= 0.3 is 5.97 Å². The first-order chi connectivity index (χ1) is 9.93. The molecule has 0 fully saturated rings. The van der Waals surface area contributed by atoms with E-state index in [1.165, 1.54) is 0 Å². The van der Waals surface area contributed by atoms with Gasteiger partial charge in [0.15, 0.2) is 0 Å². The molecule has 1 rings (SSSR count). The number of carbonyl (C=O) groups excluding carboxylic acids is 1. The molecule has 6 heteroatoms. The summed E-state index contributed by atoms with van der Waals surface area (Å²) in [5.74, 6) is -1.15. The highest BCUT2D eigenvalue weighted by molar-refractivity contribution is 6.31. The molecule has 0 aliphatic rings. The van der Waals surface area contributed by atoms with Crippen molar-refractivity contribution in [3.8, 4) is 0 Å². The molecule has 1 atom stereocenters. The fourth-order valence-corrected chi connectivity index (χ4v) is 2.42. The van der Waals surface area contributed by atoms with E-state index in [1.54, 1.807) is 11.0 Å². The van der Waals surface area contributed by atoms with Gasteiger partial charge in [-0.1, -0.05) is 36.7 Å². The van der Waals surface area contributed by atoms with Crippen LogP contribution in [-0.4, -0.2) is 41.5 Å². The summed E-state index contributed by atoms with van der Waals surface area (Å²) < 4.78 is 0. The van der Waals surface area contributed by atoms with E-state index in [2.05, 4.69) is 5.32 Å². The molecule has 0 saturated carbocycles. The number of benzene rings is 1. The van der Waals surface area contributed by atoms with E-state index in [0.29, 0.717) is 11.6 Å². The van der Waals surface area contributed by atoms with E-state index < -0.39 is 5.97 Å². The zero-order chi connectivity index (χ0) is 15.8. The van der Waals surface area contributed by atoms with Crippen LogP contribution in [0.4, 0.5) is 0 Å². The number of amides is 1. The zero-order valence-electron chi connectivity index (χ0n) is 12.3. The molecule has 0 bridgehead atoms. The summed E-state index contributed by atoms with van der Waals surface area (Å²) in [6, 6.07) is 7.09. The predicted molar refractivity (Wildman–Crippen MR) is 82.4 cm³/mol. The second-order valence-electron chi connectivity index (χ2n) is 4.92. The molecule has 0 saturated heterocycles. The van der Waals surface area contributed by atoms with Crippen molar-refractivity contribution in [2.45, 2.75) is 26.3 Å². The summed E-state index contributed by atoms with van der Waals surface area (Å²) in [5.41, 5.74) is 0.841. The Morgan fingerprint density at radius 2 is 2.00 bits per heavy atom. The van der Waals surface area contributed by atoms with Crippen LogP contribution in [0.25, 0.3) is 0 Å². The highest BCUT2D eigenvalue weighted by Gasteiger charge is 2.16. The van der Waals surface area contributed by atoms with E-state index in [0.717, 1.165) is 12.0 Å². The van der Waals surface area contributed by atoms with E-state index >= 15 is 0 Å². The van der Waals surface area contributed by atoms with Crippen molar-refractivity contribution < 1.29 is 14.7 Å². The van der Waals surface area contributed by atoms with Crippen molar-refractivity contribution in [1.29, 1.82) is 0 Å². The third kappa shape index (κ3) is 6.14. The van der Waals surface area contributed by atoms with Gasteiger partial charge < -0.3 is 10.4 Å². The van der Waals surface area contributed by atoms with Crippen molar-refractivity contribution in [2.75, 3.05) is 19.6 Å². The van der Waals surface area contributed by atoms with Gasteiger partial charge in [0.1, 0.15) is 0 Å². The molecule has 0 aromatic heterocycles. The van der Waals surface area contributed by atoms with Crippen LogP contribution in [0.1, 0.15) is 31.9 Å². The van der Waals surface area contributed by atoms with E-state index in [-0.39, 0.29) is 25.0 Å². The lowest BCUT2D eigenvalue weighted by molar-refractivity contribution is -0.138. The first-order valence-electron chi connectivity index (χ1n) is 6.92. The molecule has 116 valence electrons. The Morgan fingerprint density at radius 1 is 1.33 bits per heavy atom. The van der Waals surface area contributed by atoms with Gasteiger partial charge in [-0.25, -0.2) is 0 Å². The third-order valence-corrected chi connectivity index (χ3v) is 3.36. The first kappa shape index (κ1) is 17.5. The van der Waals surface area contributed by atoms with Crippen LogP contribution in [0, 0.1) is 0 Å². The van der Waals surface area contributed by atoms with Gasteiger partial charge in [0.2, 0.25) is 5.91 Å². The molecule has 0 heterocycles. The predicted octanol–water partition coefficient (Wildman–Crippen LogP) is 2.31. The number of carboxylic acids is 1. The standard InChI is InChI=1S/C15H21ClN2O3/c1-3-8-18(10-15(20)21)9-14(19)17-11(2)12-6-4-5-7-13(12)16/h4-7,11H,3,8-10H2,1-2H3,(H,17,19)(H,20,21). The molecule has 1 unspecified atom stereocenters. The second-order valence-corrected chi connectivity index (χ2v) is 5.32. The number of halogens is 1. The van der Waals surface area contributed by atoms with E-state index in [1.807, 2.05) is 32.0 Å². The summed E-state index contributed by atoms with van der Waals surface area (Å²) in [6.45, 7) is 4.29. The maximum atomic E-state index is 12.0. The first-order valence-corrected chi connectivity index (χ1v) is 7.29. The van der Waals surface area contributed by atoms with Gasteiger partial charge in [-0.2, -0.15) is 0 Å². The molecule has 0 spiro atoms. The molecule has 0 aliphatic heterocycles. The Bertz CT molecular complexity index is 494. The Balaban J connectivity index is 2.59. The fourth-order valence-electron chi connectivity index (χ4n) is 2.12. The van der Waals surface area contributed by atoms with Gasteiger partial charge in [0, 0.05) is 5.02 Å². The number of carbonyl (C=O) groups is 2. The zero-order valence-corrected chi connectivity index (χ0v) is 13.1. The quantitative estimate of drug-likeness (QED) is 0.773. The highest BCUT2D eigenvalue weighted by atomic mass is 35.5. The molecule has 1 aromatic carbocycles. The SMILES string of the molecule is CCCN(CC(=O)O)CC(=O)NC(C)c1ccccc1Cl. The molecular weight excluding hydrogens is 292 g/mol. The average molecular weight is 313 g/mol. The molecule has 21 heavy (non-hydrogen) atoms. The van der Waals surface area contributed by atoms with Crippen molar-refractivity contribution >= 4 is 23.5 Å². The lowest BCUT2D eigenvalue weighted by Gasteiger charge is -2.21. The Morgan fingerprint density at radius 3 is 2.57 bits per heavy atom. The molecule has 0 aliphatic carbocycles. The number of aliphatic carboxylic acids is 1. The van der Waals surface area contributed by atoms with Crippen molar-refractivity contribution in [3.63, 3.8) is 0 Å². The van der Waals surface area contributed by atoms with Crippen LogP contribution in [0.3, 0.4) is 0 Å². The minimum atomic E-state index is -0.935. The summed E-state index contributed by atoms with van der Waals surface area (Å²) in [5, 5.41) is 12.3. The maximum absolute atomic E-state index is 12.0. The Labute approximate surface area is 129 Å². The topological polar surface area (TPSA) is 69.6 Å². The van der Waals surface area contributed by atoms with Gasteiger partial charge in [0.25, 0.3) is 0 Å². The van der Waals surface area contributed by atoms with Gasteiger partial charge in [-0.3, -0.25) is 14.5 Å². The third-order valence-electron chi connectivity index (χ3n) is 3.02. The van der Waals surface area contributed by atoms with Gasteiger partial charge in [-0.05, 0) is 31.5 Å². The van der Waals surface area contributed by atoms with Crippen molar-refractivity contribution in [1.82, 2.24) is 10.2 Å². The van der Waals surface area contributed by atoms with Crippen LogP contribution in [-0.2, 0) is 9.59 Å². The Hall–Kier alpha value is -1.59. The monoisotopic (exact) mass is 312 g/mol. The number of nitrogens with zero attached hydrogens (tertiary/aromatic N) is 1. The van der Waals surface area contributed by atoms with Crippen LogP contribution >= 0.6 is 11.6 Å². The van der Waals surface area contributed by atoms with Gasteiger partial charge in [-0.15, -0.1) is 0 Å². The minimum Gasteiger partial charge on any atom is -0.480 e. The van der Waals surface area contributed by atoms with Crippen LogP contribution in [0.5, 0.6) is 0 Å². The van der Waals surface area contributed by atoms with Crippen LogP contribution in [0.2, 0.25) is 5.02 Å². The average Bonchev–Trinajstić information content (AvgIpc) is 2.38. The van der Waals surface area contributed by atoms with E-state index in [9.17, 15) is 9.59 Å². The summed E-state index contributed by atoms with van der Waals surface area (Å²) in [7, 11) is 0. The summed E-state index contributed by atoms with van der Waals surface area (Å²) in [4.78, 5) is 24.4. The fraction of sp³-hybridized carbons (Fsp3) is 0.467. The van der Waals surface area contributed by atoms with Crippen LogP contribution in [0.15, 0.2) is 24.3 Å². The number of carboxylic acid groups (broad SMARTS) is 1. The lowest BCUT2D eigenvalue weighted by Crippen LogP contribution is -2.40. The molecular formula is C15H21ClN2O3. The molecule has 2 N–H and O–H groups in total. The van der Waals surface area contributed by atoms with E-state index in [4.69, 9.17) is 16.7 Å². The normalized spacial score (nSPS) is 12.2. The molecule has 5 nitrogen and oxygen atoms in total. The van der Waals surface area contributed by atoms with Crippen molar-refractivity contribution in [2.24, 2.45) is 0 Å². The maximum Gasteiger partial charge on any atom is 0.317 e. The molecule has 1 amide bonds. The minimum absolute atomic E-state index is 0.0644. The number of rotatable bonds is 8. The molecule has 0 radical (unpaired) electrons. The molecule has 1 aromatic rings. The summed E-state index contributed by atoms with van der Waals surface area (Å²) in [6.07, 6.45) is 0.792. The van der Waals surface area contributed by atoms with Gasteiger partial charge in [0.05, 0.1) is 19.1 Å². The van der Waals surface area contributed by atoms with Crippen LogP contribution < -0.4 is 5.32 Å². The number of nitrogens with one attached hydrogen (secondary N) is 1. The smallest absolute Gasteiger partial charge is 0.317 e. The highest BCUT2D eigenvalue weighted by Crippen LogP contribution is 2.21. The summed E-state index contributed by atoms with van der Waals surface area (Å²) >= 11 is 6.09. The largest absolute Gasteiger partial charge is 0.480 e. The number of hydrogen-bond donors (Lipinski definition) is 2.